The Morgan fingerprint density at radius 2 is 2.07 bits per heavy atom. The Kier molecular flexibility index (Phi) is 2.64. The first-order chi connectivity index (χ1) is 7.22. The number of aromatic nitrogens is 3. The summed E-state index contributed by atoms with van der Waals surface area (Å²) in [7, 11) is 1.86. The van der Waals surface area contributed by atoms with E-state index in [2.05, 4.69) is 20.3 Å². The molecule has 0 unspecified atom stereocenters. The Morgan fingerprint density at radius 3 is 2.67 bits per heavy atom. The summed E-state index contributed by atoms with van der Waals surface area (Å²) in [5.41, 5.74) is 2.07. The van der Waals surface area contributed by atoms with Gasteiger partial charge >= 0.3 is 0 Å². The van der Waals surface area contributed by atoms with Crippen LogP contribution in [0.2, 0.25) is 0 Å². The van der Waals surface area contributed by atoms with Crippen LogP contribution in [0.3, 0.4) is 0 Å². The number of nitrogens with one attached hydrogen (secondary N) is 1. The van der Waals surface area contributed by atoms with E-state index < -0.39 is 0 Å². The summed E-state index contributed by atoms with van der Waals surface area (Å²) in [6.07, 6.45) is 1.76. The number of rotatable bonds is 2. The fraction of sp³-hybridized carbons (Fsp3) is 0.300. The van der Waals surface area contributed by atoms with E-state index in [9.17, 15) is 0 Å². The van der Waals surface area contributed by atoms with Crippen LogP contribution in [0, 0.1) is 13.8 Å². The molecule has 0 aliphatic heterocycles. The third kappa shape index (κ3) is 1.83. The molecule has 0 radical (unpaired) electrons. The average Bonchev–Trinajstić information content (AvgIpc) is 2.75. The topological polar surface area (TPSA) is 50.7 Å². The van der Waals surface area contributed by atoms with Crippen molar-refractivity contribution >= 4 is 17.2 Å². The number of thiazole rings is 1. The molecule has 0 spiro atoms. The molecule has 0 aliphatic carbocycles. The van der Waals surface area contributed by atoms with E-state index in [0.29, 0.717) is 5.82 Å². The van der Waals surface area contributed by atoms with Crippen LogP contribution in [0.15, 0.2) is 11.6 Å². The SMILES string of the molecule is CNc1nc(-c2nccs2)nc(C)c1C. The Labute approximate surface area is 92.4 Å². The highest BCUT2D eigenvalue weighted by atomic mass is 32.1. The molecule has 0 aromatic carbocycles. The van der Waals surface area contributed by atoms with Gasteiger partial charge in [-0.2, -0.15) is 0 Å². The van der Waals surface area contributed by atoms with E-state index in [1.54, 1.807) is 17.5 Å². The molecule has 0 bridgehead atoms. The number of hydrogen-bond acceptors (Lipinski definition) is 5. The van der Waals surface area contributed by atoms with Crippen LogP contribution in [-0.4, -0.2) is 22.0 Å². The predicted molar refractivity (Wildman–Crippen MR) is 62.2 cm³/mol. The lowest BCUT2D eigenvalue weighted by Gasteiger charge is -2.07. The predicted octanol–water partition coefficient (Wildman–Crippen LogP) is 2.26. The summed E-state index contributed by atoms with van der Waals surface area (Å²) in [5.74, 6) is 1.56. The first-order valence-corrected chi connectivity index (χ1v) is 5.53. The lowest BCUT2D eigenvalue weighted by atomic mass is 10.2. The van der Waals surface area contributed by atoms with Gasteiger partial charge in [0.15, 0.2) is 10.8 Å². The van der Waals surface area contributed by atoms with E-state index in [4.69, 9.17) is 0 Å². The zero-order valence-corrected chi connectivity index (χ0v) is 9.72. The molecule has 15 heavy (non-hydrogen) atoms. The fourth-order valence-corrected chi connectivity index (χ4v) is 1.87. The molecule has 0 aliphatic rings. The second-order valence-corrected chi connectivity index (χ2v) is 4.09. The molecule has 1 N–H and O–H groups in total. The minimum Gasteiger partial charge on any atom is -0.373 e. The third-order valence-corrected chi connectivity index (χ3v) is 3.02. The molecule has 0 saturated carbocycles. The van der Waals surface area contributed by atoms with Gasteiger partial charge in [0, 0.05) is 29.9 Å². The standard InChI is InChI=1S/C10H12N4S/c1-6-7(2)13-9(14-8(6)11-3)10-12-4-5-15-10/h4-5H,1-3H3,(H,11,13,14). The largest absolute Gasteiger partial charge is 0.373 e. The van der Waals surface area contributed by atoms with Crippen molar-refractivity contribution in [2.24, 2.45) is 0 Å². The average molecular weight is 220 g/mol. The van der Waals surface area contributed by atoms with Gasteiger partial charge in [-0.25, -0.2) is 15.0 Å². The maximum atomic E-state index is 4.42. The van der Waals surface area contributed by atoms with Crippen LogP contribution in [0.4, 0.5) is 5.82 Å². The van der Waals surface area contributed by atoms with E-state index in [0.717, 1.165) is 22.1 Å². The van der Waals surface area contributed by atoms with Crippen molar-refractivity contribution in [1.29, 1.82) is 0 Å². The van der Waals surface area contributed by atoms with Gasteiger partial charge in [0.25, 0.3) is 0 Å². The first kappa shape index (κ1) is 10.0. The van der Waals surface area contributed by atoms with Gasteiger partial charge in [0.2, 0.25) is 0 Å². The first-order valence-electron chi connectivity index (χ1n) is 4.65. The Morgan fingerprint density at radius 1 is 1.27 bits per heavy atom. The van der Waals surface area contributed by atoms with E-state index in [-0.39, 0.29) is 0 Å². The van der Waals surface area contributed by atoms with Crippen molar-refractivity contribution in [1.82, 2.24) is 15.0 Å². The normalized spacial score (nSPS) is 10.3. The van der Waals surface area contributed by atoms with Gasteiger partial charge < -0.3 is 5.32 Å². The molecule has 5 heteroatoms. The molecule has 2 aromatic heterocycles. The monoisotopic (exact) mass is 220 g/mol. The number of nitrogens with zero attached hydrogens (tertiary/aromatic N) is 3. The summed E-state index contributed by atoms with van der Waals surface area (Å²) in [6.45, 7) is 3.99. The third-order valence-electron chi connectivity index (χ3n) is 2.25. The summed E-state index contributed by atoms with van der Waals surface area (Å²) >= 11 is 1.55. The fourth-order valence-electron chi connectivity index (χ4n) is 1.30. The van der Waals surface area contributed by atoms with Gasteiger partial charge in [-0.05, 0) is 13.8 Å². The highest BCUT2D eigenvalue weighted by Gasteiger charge is 2.09. The van der Waals surface area contributed by atoms with Gasteiger partial charge in [-0.3, -0.25) is 0 Å². The van der Waals surface area contributed by atoms with Gasteiger partial charge in [-0.15, -0.1) is 11.3 Å². The van der Waals surface area contributed by atoms with Gasteiger partial charge in [0.05, 0.1) is 0 Å². The van der Waals surface area contributed by atoms with E-state index >= 15 is 0 Å². The summed E-state index contributed by atoms with van der Waals surface area (Å²) in [5, 5.41) is 5.84. The molecular weight excluding hydrogens is 208 g/mol. The second kappa shape index (κ2) is 3.94. The molecule has 2 heterocycles. The van der Waals surface area contributed by atoms with Crippen LogP contribution < -0.4 is 5.32 Å². The highest BCUT2D eigenvalue weighted by Crippen LogP contribution is 2.22. The smallest absolute Gasteiger partial charge is 0.190 e. The van der Waals surface area contributed by atoms with Crippen LogP contribution in [0.25, 0.3) is 10.8 Å². The Balaban J connectivity index is 2.55. The molecule has 0 saturated heterocycles. The molecule has 2 rings (SSSR count). The lowest BCUT2D eigenvalue weighted by molar-refractivity contribution is 1.06. The van der Waals surface area contributed by atoms with Crippen molar-refractivity contribution in [2.45, 2.75) is 13.8 Å². The Hall–Kier alpha value is -1.49. The van der Waals surface area contributed by atoms with E-state index in [1.165, 1.54) is 0 Å². The summed E-state index contributed by atoms with van der Waals surface area (Å²) < 4.78 is 0. The van der Waals surface area contributed by atoms with Crippen LogP contribution in [0.1, 0.15) is 11.3 Å². The van der Waals surface area contributed by atoms with Crippen molar-refractivity contribution in [3.63, 3.8) is 0 Å². The molecular formula is C10H12N4S. The molecule has 0 amide bonds. The quantitative estimate of drug-likeness (QED) is 0.843. The zero-order chi connectivity index (χ0) is 10.8. The minimum absolute atomic E-state index is 0.692. The number of anilines is 1. The van der Waals surface area contributed by atoms with E-state index in [1.807, 2.05) is 26.3 Å². The number of aryl methyl sites for hydroxylation is 1. The minimum atomic E-state index is 0.692. The molecule has 78 valence electrons. The molecule has 0 atom stereocenters. The number of hydrogen-bond donors (Lipinski definition) is 1. The van der Waals surface area contributed by atoms with Crippen molar-refractivity contribution in [3.05, 3.63) is 22.8 Å². The van der Waals surface area contributed by atoms with Crippen molar-refractivity contribution in [2.75, 3.05) is 12.4 Å². The molecule has 2 aromatic rings. The zero-order valence-electron chi connectivity index (χ0n) is 8.90. The molecule has 4 nitrogen and oxygen atoms in total. The summed E-state index contributed by atoms with van der Waals surface area (Å²) in [6, 6.07) is 0. The summed E-state index contributed by atoms with van der Waals surface area (Å²) in [4.78, 5) is 13.0. The van der Waals surface area contributed by atoms with Crippen molar-refractivity contribution in [3.8, 4) is 10.8 Å². The van der Waals surface area contributed by atoms with Gasteiger partial charge in [0.1, 0.15) is 5.82 Å². The molecule has 0 fully saturated rings. The lowest BCUT2D eigenvalue weighted by Crippen LogP contribution is -2.02. The maximum Gasteiger partial charge on any atom is 0.190 e. The second-order valence-electron chi connectivity index (χ2n) is 3.19. The van der Waals surface area contributed by atoms with Crippen molar-refractivity contribution < 1.29 is 0 Å². The van der Waals surface area contributed by atoms with Crippen LogP contribution >= 0.6 is 11.3 Å². The highest BCUT2D eigenvalue weighted by molar-refractivity contribution is 7.13. The Bertz CT molecular complexity index is 465. The van der Waals surface area contributed by atoms with Gasteiger partial charge in [-0.1, -0.05) is 0 Å². The van der Waals surface area contributed by atoms with Crippen LogP contribution in [0.5, 0.6) is 0 Å². The maximum absolute atomic E-state index is 4.42. The van der Waals surface area contributed by atoms with Crippen LogP contribution in [-0.2, 0) is 0 Å².